The van der Waals surface area contributed by atoms with Crippen LogP contribution in [0.2, 0.25) is 0 Å². The van der Waals surface area contributed by atoms with Crippen LogP contribution in [0.25, 0.3) is 0 Å². The number of carbonyl (C=O) groups is 1. The van der Waals surface area contributed by atoms with Crippen LogP contribution in [0.4, 0.5) is 8.78 Å². The Morgan fingerprint density at radius 2 is 2.20 bits per heavy atom. The zero-order valence-corrected chi connectivity index (χ0v) is 7.91. The van der Waals surface area contributed by atoms with Gasteiger partial charge < -0.3 is 9.67 Å². The zero-order chi connectivity index (χ0) is 11.6. The molecule has 0 spiro atoms. The molecule has 1 heterocycles. The minimum absolute atomic E-state index is 0.310. The second-order valence-corrected chi connectivity index (χ2v) is 3.04. The molecule has 0 saturated heterocycles. The zero-order valence-electron chi connectivity index (χ0n) is 7.91. The Hall–Kier alpha value is -1.72. The van der Waals surface area contributed by atoms with Crippen molar-refractivity contribution in [2.45, 2.75) is 19.9 Å². The van der Waals surface area contributed by atoms with Gasteiger partial charge in [0.2, 0.25) is 0 Å². The van der Waals surface area contributed by atoms with Gasteiger partial charge in [-0.05, 0) is 6.92 Å². The number of halogens is 2. The van der Waals surface area contributed by atoms with Gasteiger partial charge >= 0.3 is 5.97 Å². The highest BCUT2D eigenvalue weighted by molar-refractivity contribution is 5.87. The van der Waals surface area contributed by atoms with Gasteiger partial charge in [-0.25, -0.2) is 13.6 Å². The highest BCUT2D eigenvalue weighted by Gasteiger charge is 2.12. The van der Waals surface area contributed by atoms with E-state index in [4.69, 9.17) is 5.11 Å². The Morgan fingerprint density at radius 1 is 1.60 bits per heavy atom. The first-order chi connectivity index (χ1) is 6.91. The van der Waals surface area contributed by atoms with Crippen molar-refractivity contribution in [2.75, 3.05) is 0 Å². The summed E-state index contributed by atoms with van der Waals surface area (Å²) in [6.07, 6.45) is -1.65. The van der Waals surface area contributed by atoms with Gasteiger partial charge in [0.05, 0.1) is 6.54 Å². The summed E-state index contributed by atoms with van der Waals surface area (Å²) in [5.74, 6) is -1.41. The number of aromatic nitrogens is 1. The molecule has 1 N–H and O–H groups in total. The van der Waals surface area contributed by atoms with Crippen LogP contribution >= 0.6 is 0 Å². The summed E-state index contributed by atoms with van der Waals surface area (Å²) >= 11 is 0. The standard InChI is InChI=1S/C9H9F2NO3/c1-5-2-7(13)6(9(14)15)3-12(5)4-8(10)11/h2-3,8H,4H2,1H3,(H,14,15). The minimum Gasteiger partial charge on any atom is -0.477 e. The van der Waals surface area contributed by atoms with Gasteiger partial charge in [0.1, 0.15) is 5.56 Å². The number of hydrogen-bond acceptors (Lipinski definition) is 2. The lowest BCUT2D eigenvalue weighted by Gasteiger charge is -2.10. The summed E-state index contributed by atoms with van der Waals surface area (Å²) in [4.78, 5) is 21.7. The fourth-order valence-electron chi connectivity index (χ4n) is 1.18. The number of carboxylic acid groups (broad SMARTS) is 1. The molecule has 1 aromatic heterocycles. The molecule has 1 aromatic rings. The number of hydrogen-bond donors (Lipinski definition) is 1. The first-order valence-electron chi connectivity index (χ1n) is 4.14. The molecule has 0 aliphatic rings. The van der Waals surface area contributed by atoms with E-state index in [2.05, 4.69) is 0 Å². The average molecular weight is 217 g/mol. The van der Waals surface area contributed by atoms with Crippen molar-refractivity contribution >= 4 is 5.97 Å². The molecule has 0 atom stereocenters. The van der Waals surface area contributed by atoms with Gasteiger partial charge in [-0.1, -0.05) is 0 Å². The lowest BCUT2D eigenvalue weighted by atomic mass is 10.2. The van der Waals surface area contributed by atoms with Crippen molar-refractivity contribution in [1.82, 2.24) is 4.57 Å². The summed E-state index contributed by atoms with van der Waals surface area (Å²) in [6, 6.07) is 1.03. The highest BCUT2D eigenvalue weighted by atomic mass is 19.3. The molecule has 0 amide bonds. The molecule has 0 radical (unpaired) electrons. The van der Waals surface area contributed by atoms with Crippen molar-refractivity contribution < 1.29 is 18.7 Å². The van der Waals surface area contributed by atoms with E-state index < -0.39 is 29.9 Å². The summed E-state index contributed by atoms with van der Waals surface area (Å²) in [5.41, 5.74) is -0.864. The maximum absolute atomic E-state index is 12.1. The number of alkyl halides is 2. The van der Waals surface area contributed by atoms with Gasteiger partial charge in [-0.15, -0.1) is 0 Å². The van der Waals surface area contributed by atoms with Crippen LogP contribution < -0.4 is 5.43 Å². The molecule has 0 bridgehead atoms. The molecule has 0 saturated carbocycles. The predicted octanol–water partition coefficient (Wildman–Crippen LogP) is 1.12. The van der Waals surface area contributed by atoms with E-state index in [-0.39, 0.29) is 0 Å². The molecule has 6 heteroatoms. The molecular formula is C9H9F2NO3. The van der Waals surface area contributed by atoms with E-state index in [1.54, 1.807) is 0 Å². The maximum Gasteiger partial charge on any atom is 0.341 e. The summed E-state index contributed by atoms with van der Waals surface area (Å²) in [6.45, 7) is 0.849. The Morgan fingerprint density at radius 3 is 2.67 bits per heavy atom. The quantitative estimate of drug-likeness (QED) is 0.825. The largest absolute Gasteiger partial charge is 0.477 e. The van der Waals surface area contributed by atoms with Gasteiger partial charge in [0, 0.05) is 18.0 Å². The SMILES string of the molecule is Cc1cc(=O)c(C(=O)O)cn1CC(F)F. The number of carboxylic acids is 1. The summed E-state index contributed by atoms with van der Waals surface area (Å²) in [7, 11) is 0. The second-order valence-electron chi connectivity index (χ2n) is 3.04. The Bertz CT molecular complexity index is 439. The molecule has 15 heavy (non-hydrogen) atoms. The molecule has 0 aromatic carbocycles. The molecule has 1 rings (SSSR count). The van der Waals surface area contributed by atoms with Crippen molar-refractivity contribution in [1.29, 1.82) is 0 Å². The number of pyridine rings is 1. The van der Waals surface area contributed by atoms with Gasteiger partial charge in [-0.3, -0.25) is 4.79 Å². The minimum atomic E-state index is -2.59. The van der Waals surface area contributed by atoms with Gasteiger partial charge in [-0.2, -0.15) is 0 Å². The van der Waals surface area contributed by atoms with E-state index in [0.717, 1.165) is 16.8 Å². The number of aryl methyl sites for hydroxylation is 1. The molecular weight excluding hydrogens is 208 g/mol. The first kappa shape index (κ1) is 11.4. The smallest absolute Gasteiger partial charge is 0.341 e. The van der Waals surface area contributed by atoms with Crippen LogP contribution in [0.3, 0.4) is 0 Å². The molecule has 0 unspecified atom stereocenters. The third-order valence-electron chi connectivity index (χ3n) is 1.91. The van der Waals surface area contributed by atoms with Crippen LogP contribution in [0.1, 0.15) is 16.1 Å². The number of rotatable bonds is 3. The average Bonchev–Trinajstić information content (AvgIpc) is 2.08. The van der Waals surface area contributed by atoms with E-state index in [0.29, 0.717) is 5.69 Å². The Kier molecular flexibility index (Phi) is 3.18. The monoisotopic (exact) mass is 217 g/mol. The third-order valence-corrected chi connectivity index (χ3v) is 1.91. The maximum atomic E-state index is 12.1. The predicted molar refractivity (Wildman–Crippen MR) is 48.4 cm³/mol. The second kappa shape index (κ2) is 4.20. The normalized spacial score (nSPS) is 10.7. The molecule has 0 fully saturated rings. The molecule has 0 aliphatic heterocycles. The van der Waals surface area contributed by atoms with E-state index in [1.165, 1.54) is 6.92 Å². The Labute approximate surface area is 83.8 Å². The fourth-order valence-corrected chi connectivity index (χ4v) is 1.18. The van der Waals surface area contributed by atoms with Crippen molar-refractivity contribution in [2.24, 2.45) is 0 Å². The van der Waals surface area contributed by atoms with Crippen LogP contribution in [0, 0.1) is 6.92 Å². The summed E-state index contributed by atoms with van der Waals surface area (Å²) in [5, 5.41) is 8.61. The number of nitrogens with zero attached hydrogens (tertiary/aromatic N) is 1. The molecule has 4 nitrogen and oxygen atoms in total. The van der Waals surface area contributed by atoms with Crippen LogP contribution in [-0.2, 0) is 6.54 Å². The van der Waals surface area contributed by atoms with Gasteiger partial charge in [0.25, 0.3) is 6.43 Å². The lowest BCUT2D eigenvalue weighted by molar-refractivity contribution is 0.0692. The summed E-state index contributed by atoms with van der Waals surface area (Å²) < 4.78 is 25.2. The first-order valence-corrected chi connectivity index (χ1v) is 4.14. The number of aromatic carboxylic acids is 1. The van der Waals surface area contributed by atoms with E-state index in [1.807, 2.05) is 0 Å². The Balaban J connectivity index is 3.23. The molecule has 0 aliphatic carbocycles. The van der Waals surface area contributed by atoms with Crippen LogP contribution in [-0.4, -0.2) is 22.1 Å². The van der Waals surface area contributed by atoms with Crippen molar-refractivity contribution in [3.05, 3.63) is 33.7 Å². The van der Waals surface area contributed by atoms with E-state index in [9.17, 15) is 18.4 Å². The van der Waals surface area contributed by atoms with E-state index >= 15 is 0 Å². The molecule has 82 valence electrons. The third kappa shape index (κ3) is 2.61. The van der Waals surface area contributed by atoms with Crippen LogP contribution in [0.15, 0.2) is 17.1 Å². The highest BCUT2D eigenvalue weighted by Crippen LogP contribution is 2.04. The van der Waals surface area contributed by atoms with Crippen LogP contribution in [0.5, 0.6) is 0 Å². The lowest BCUT2D eigenvalue weighted by Crippen LogP contribution is -2.20. The van der Waals surface area contributed by atoms with Gasteiger partial charge in [0.15, 0.2) is 5.43 Å². The fraction of sp³-hybridized carbons (Fsp3) is 0.333. The van der Waals surface area contributed by atoms with Crippen molar-refractivity contribution in [3.8, 4) is 0 Å². The van der Waals surface area contributed by atoms with Crippen molar-refractivity contribution in [3.63, 3.8) is 0 Å². The topological polar surface area (TPSA) is 59.3 Å².